The smallest absolute Gasteiger partial charge is 0.0663 e. The topological polar surface area (TPSA) is 24.5 Å². The summed E-state index contributed by atoms with van der Waals surface area (Å²) >= 11 is 0. The first-order valence-corrected chi connectivity index (χ1v) is 7.69. The molecule has 0 saturated heterocycles. The lowest BCUT2D eigenvalue weighted by molar-refractivity contribution is 0.182. The van der Waals surface area contributed by atoms with E-state index in [1.807, 2.05) is 0 Å². The number of methoxy groups -OCH3 is 1. The molecule has 1 rings (SSSR count). The summed E-state index contributed by atoms with van der Waals surface area (Å²) < 4.78 is 5.31. The third kappa shape index (κ3) is 4.80. The second-order valence-corrected chi connectivity index (χ2v) is 5.40. The first-order valence-electron chi connectivity index (χ1n) is 7.69. The van der Waals surface area contributed by atoms with E-state index in [1.54, 1.807) is 7.11 Å². The fraction of sp³-hybridized carbons (Fsp3) is 0.647. The van der Waals surface area contributed by atoms with E-state index in [-0.39, 0.29) is 0 Å². The number of hydrogen-bond donors (Lipinski definition) is 1. The van der Waals surface area contributed by atoms with Gasteiger partial charge in [0.2, 0.25) is 0 Å². The molecule has 1 aromatic rings. The van der Waals surface area contributed by atoms with Gasteiger partial charge in [0.15, 0.2) is 0 Å². The van der Waals surface area contributed by atoms with E-state index >= 15 is 0 Å². The van der Waals surface area contributed by atoms with E-state index in [0.717, 1.165) is 26.2 Å². The summed E-state index contributed by atoms with van der Waals surface area (Å²) in [5.74, 6) is 0. The molecule has 1 atom stereocenters. The first kappa shape index (κ1) is 17.0. The fourth-order valence-corrected chi connectivity index (χ4v) is 2.59. The molecule has 0 spiro atoms. The summed E-state index contributed by atoms with van der Waals surface area (Å²) in [6.45, 7) is 12.5. The zero-order valence-corrected chi connectivity index (χ0v) is 13.7. The first-order chi connectivity index (χ1) is 9.63. The average molecular weight is 278 g/mol. The van der Waals surface area contributed by atoms with Crippen molar-refractivity contribution in [2.24, 2.45) is 0 Å². The number of nitrogens with one attached hydrogen (secondary N) is 1. The number of rotatable bonds is 9. The van der Waals surface area contributed by atoms with Crippen molar-refractivity contribution in [2.75, 3.05) is 31.7 Å². The molecule has 0 saturated carbocycles. The normalized spacial score (nSPS) is 12.4. The lowest BCUT2D eigenvalue weighted by atomic mass is 10.1. The molecule has 0 bridgehead atoms. The lowest BCUT2D eigenvalue weighted by Crippen LogP contribution is -2.37. The summed E-state index contributed by atoms with van der Waals surface area (Å²) in [6, 6.07) is 7.12. The van der Waals surface area contributed by atoms with Gasteiger partial charge in [0.05, 0.1) is 6.61 Å². The highest BCUT2D eigenvalue weighted by molar-refractivity contribution is 5.55. The van der Waals surface area contributed by atoms with Crippen LogP contribution in [0.1, 0.15) is 38.3 Å². The molecule has 0 aliphatic carbocycles. The Kier molecular flexibility index (Phi) is 7.63. The van der Waals surface area contributed by atoms with Crippen molar-refractivity contribution in [2.45, 2.75) is 46.7 Å². The average Bonchev–Trinajstić information content (AvgIpc) is 2.42. The van der Waals surface area contributed by atoms with Crippen LogP contribution in [0, 0.1) is 6.92 Å². The zero-order chi connectivity index (χ0) is 15.0. The van der Waals surface area contributed by atoms with E-state index < -0.39 is 0 Å². The van der Waals surface area contributed by atoms with Gasteiger partial charge in [-0.3, -0.25) is 0 Å². The molecule has 3 heteroatoms. The van der Waals surface area contributed by atoms with Crippen molar-refractivity contribution in [1.82, 2.24) is 5.32 Å². The molecule has 114 valence electrons. The van der Waals surface area contributed by atoms with Gasteiger partial charge in [0.1, 0.15) is 0 Å². The maximum atomic E-state index is 5.31. The van der Waals surface area contributed by atoms with Gasteiger partial charge < -0.3 is 15.0 Å². The largest absolute Gasteiger partial charge is 0.383 e. The third-order valence-electron chi connectivity index (χ3n) is 3.57. The highest BCUT2D eigenvalue weighted by atomic mass is 16.5. The Hall–Kier alpha value is -1.06. The van der Waals surface area contributed by atoms with Crippen molar-refractivity contribution < 1.29 is 4.74 Å². The van der Waals surface area contributed by atoms with E-state index in [2.05, 4.69) is 56.1 Å². The van der Waals surface area contributed by atoms with Crippen LogP contribution in [0.3, 0.4) is 0 Å². The van der Waals surface area contributed by atoms with E-state index in [4.69, 9.17) is 4.74 Å². The van der Waals surface area contributed by atoms with Crippen LogP contribution >= 0.6 is 0 Å². The number of aryl methyl sites for hydroxylation is 1. The minimum atomic E-state index is 0.387. The highest BCUT2D eigenvalue weighted by Crippen LogP contribution is 2.24. The zero-order valence-electron chi connectivity index (χ0n) is 13.7. The molecule has 0 aliphatic heterocycles. The van der Waals surface area contributed by atoms with Crippen LogP contribution in [0.25, 0.3) is 0 Å². The summed E-state index contributed by atoms with van der Waals surface area (Å²) in [6.07, 6.45) is 1.17. The van der Waals surface area contributed by atoms with Crippen LogP contribution in [0.2, 0.25) is 0 Å². The highest BCUT2D eigenvalue weighted by Gasteiger charge is 2.15. The van der Waals surface area contributed by atoms with Gasteiger partial charge in [0, 0.05) is 31.9 Å². The van der Waals surface area contributed by atoms with Crippen molar-refractivity contribution >= 4 is 5.69 Å². The number of nitrogens with zero attached hydrogens (tertiary/aromatic N) is 1. The Balaban J connectivity index is 2.94. The van der Waals surface area contributed by atoms with Crippen LogP contribution in [-0.2, 0) is 11.3 Å². The molecule has 0 fully saturated rings. The number of anilines is 1. The summed E-state index contributed by atoms with van der Waals surface area (Å²) in [5.41, 5.74) is 4.02. The van der Waals surface area contributed by atoms with Crippen LogP contribution < -0.4 is 10.2 Å². The number of likely N-dealkylation sites (N-methyl/N-ethyl adjacent to an activating group) is 1. The molecular weight excluding hydrogens is 248 g/mol. The van der Waals surface area contributed by atoms with E-state index in [0.29, 0.717) is 6.04 Å². The summed E-state index contributed by atoms with van der Waals surface area (Å²) in [4.78, 5) is 2.42. The van der Waals surface area contributed by atoms with Gasteiger partial charge in [-0.1, -0.05) is 24.6 Å². The molecule has 0 radical (unpaired) electrons. The molecule has 3 nitrogen and oxygen atoms in total. The van der Waals surface area contributed by atoms with Crippen LogP contribution in [0.5, 0.6) is 0 Å². The van der Waals surface area contributed by atoms with Gasteiger partial charge in [-0.25, -0.2) is 0 Å². The van der Waals surface area contributed by atoms with Crippen molar-refractivity contribution in [1.29, 1.82) is 0 Å². The standard InChI is InChI=1S/C17H30N2O/c1-6-10-18-12-16-11-14(3)8-9-17(16)19(7-2)15(4)13-20-5/h8-9,11,15,18H,6-7,10,12-13H2,1-5H3. The second-order valence-electron chi connectivity index (χ2n) is 5.40. The number of ether oxygens (including phenoxy) is 1. The molecule has 0 aliphatic rings. The molecule has 1 N–H and O–H groups in total. The third-order valence-corrected chi connectivity index (χ3v) is 3.57. The van der Waals surface area contributed by atoms with Crippen LogP contribution in [0.4, 0.5) is 5.69 Å². The maximum Gasteiger partial charge on any atom is 0.0663 e. The Morgan fingerprint density at radius 2 is 2.05 bits per heavy atom. The fourth-order valence-electron chi connectivity index (χ4n) is 2.59. The number of hydrogen-bond acceptors (Lipinski definition) is 3. The molecule has 1 unspecified atom stereocenters. The summed E-state index contributed by atoms with van der Waals surface area (Å²) in [7, 11) is 1.77. The summed E-state index contributed by atoms with van der Waals surface area (Å²) in [5, 5.41) is 3.51. The Bertz CT molecular complexity index is 393. The quantitative estimate of drug-likeness (QED) is 0.701. The molecule has 0 heterocycles. The predicted molar refractivity (Wildman–Crippen MR) is 87.5 cm³/mol. The molecule has 20 heavy (non-hydrogen) atoms. The maximum absolute atomic E-state index is 5.31. The van der Waals surface area contributed by atoms with Crippen molar-refractivity contribution in [3.8, 4) is 0 Å². The van der Waals surface area contributed by atoms with E-state index in [1.165, 1.54) is 23.2 Å². The number of benzene rings is 1. The van der Waals surface area contributed by atoms with Crippen molar-refractivity contribution in [3.63, 3.8) is 0 Å². The van der Waals surface area contributed by atoms with Gasteiger partial charge >= 0.3 is 0 Å². The molecular formula is C17H30N2O. The monoisotopic (exact) mass is 278 g/mol. The predicted octanol–water partition coefficient (Wildman–Crippen LogP) is 3.36. The van der Waals surface area contributed by atoms with Crippen molar-refractivity contribution in [3.05, 3.63) is 29.3 Å². The van der Waals surface area contributed by atoms with Gasteiger partial charge in [-0.15, -0.1) is 0 Å². The molecule has 0 amide bonds. The Morgan fingerprint density at radius 3 is 2.65 bits per heavy atom. The lowest BCUT2D eigenvalue weighted by Gasteiger charge is -2.32. The SMILES string of the molecule is CCCNCc1cc(C)ccc1N(CC)C(C)COC. The molecule has 1 aromatic carbocycles. The van der Waals surface area contributed by atoms with E-state index in [9.17, 15) is 0 Å². The van der Waals surface area contributed by atoms with Gasteiger partial charge in [-0.05, 0) is 45.4 Å². The van der Waals surface area contributed by atoms with Crippen LogP contribution in [-0.4, -0.2) is 32.8 Å². The van der Waals surface area contributed by atoms with Gasteiger partial charge in [0.25, 0.3) is 0 Å². The Labute approximate surface area is 124 Å². The minimum Gasteiger partial charge on any atom is -0.383 e. The molecule has 0 aromatic heterocycles. The Morgan fingerprint density at radius 1 is 1.30 bits per heavy atom. The van der Waals surface area contributed by atoms with Crippen LogP contribution in [0.15, 0.2) is 18.2 Å². The van der Waals surface area contributed by atoms with Gasteiger partial charge in [-0.2, -0.15) is 0 Å². The minimum absolute atomic E-state index is 0.387. The second kappa shape index (κ2) is 8.98.